The fourth-order valence-electron chi connectivity index (χ4n) is 1.67. The van der Waals surface area contributed by atoms with Crippen LogP contribution in [0.2, 0.25) is 0 Å². The van der Waals surface area contributed by atoms with Gasteiger partial charge in [0.2, 0.25) is 0 Å². The largest absolute Gasteiger partial charge is 0.449 e. The van der Waals surface area contributed by atoms with Crippen molar-refractivity contribution in [1.29, 1.82) is 0 Å². The molecular weight excluding hydrogens is 218 g/mol. The Morgan fingerprint density at radius 2 is 2.41 bits per heavy atom. The van der Waals surface area contributed by atoms with Gasteiger partial charge in [0.15, 0.2) is 5.89 Å². The van der Waals surface area contributed by atoms with Crippen LogP contribution in [0.3, 0.4) is 0 Å². The third kappa shape index (κ3) is 1.84. The lowest BCUT2D eigenvalue weighted by atomic mass is 10.3. The van der Waals surface area contributed by atoms with Gasteiger partial charge in [0.25, 0.3) is 0 Å². The molecule has 0 aliphatic carbocycles. The number of H-pyrrole nitrogens is 1. The van der Waals surface area contributed by atoms with Crippen LogP contribution in [0.1, 0.15) is 11.6 Å². The summed E-state index contributed by atoms with van der Waals surface area (Å²) in [5, 5.41) is 10.1. The number of aromatic amines is 1. The summed E-state index contributed by atoms with van der Waals surface area (Å²) in [6, 6.07) is 1.90. The summed E-state index contributed by atoms with van der Waals surface area (Å²) in [6.45, 7) is 2.43. The van der Waals surface area contributed by atoms with Gasteiger partial charge in [0.1, 0.15) is 17.3 Å². The summed E-state index contributed by atoms with van der Waals surface area (Å²) in [4.78, 5) is 8.42. The summed E-state index contributed by atoms with van der Waals surface area (Å²) in [7, 11) is 0. The lowest BCUT2D eigenvalue weighted by Crippen LogP contribution is -2.00. The molecular formula is C11H11N5O. The third-order valence-electron chi connectivity index (χ3n) is 2.47. The first-order valence-corrected chi connectivity index (χ1v) is 5.26. The Morgan fingerprint density at radius 3 is 3.24 bits per heavy atom. The Bertz CT molecular complexity index is 642. The normalized spacial score (nSPS) is 10.9. The molecule has 3 heterocycles. The van der Waals surface area contributed by atoms with E-state index < -0.39 is 0 Å². The first kappa shape index (κ1) is 9.83. The van der Waals surface area contributed by atoms with Crippen molar-refractivity contribution in [3.05, 3.63) is 36.3 Å². The Balaban J connectivity index is 1.83. The van der Waals surface area contributed by atoms with Crippen LogP contribution in [0.15, 0.2) is 29.1 Å². The summed E-state index contributed by atoms with van der Waals surface area (Å²) >= 11 is 0. The number of fused-ring (bicyclic) bond motifs is 1. The Morgan fingerprint density at radius 1 is 1.47 bits per heavy atom. The number of nitrogens with zero attached hydrogens (tertiary/aromatic N) is 3. The Labute approximate surface area is 97.1 Å². The molecule has 6 heteroatoms. The minimum absolute atomic E-state index is 0.607. The van der Waals surface area contributed by atoms with Gasteiger partial charge in [-0.15, -0.1) is 0 Å². The minimum Gasteiger partial charge on any atom is -0.449 e. The molecule has 0 radical (unpaired) electrons. The summed E-state index contributed by atoms with van der Waals surface area (Å²) in [5.74, 6) is 0.670. The number of hydrogen-bond acceptors (Lipinski definition) is 5. The number of aryl methyl sites for hydroxylation is 1. The molecule has 3 aromatic heterocycles. The van der Waals surface area contributed by atoms with E-state index in [4.69, 9.17) is 4.42 Å². The van der Waals surface area contributed by atoms with E-state index in [-0.39, 0.29) is 0 Å². The number of rotatable bonds is 3. The maximum absolute atomic E-state index is 5.14. The van der Waals surface area contributed by atoms with Gasteiger partial charge in [-0.3, -0.25) is 10.1 Å². The second-order valence-electron chi connectivity index (χ2n) is 3.70. The summed E-state index contributed by atoms with van der Waals surface area (Å²) in [5.41, 5.74) is 3.55. The second kappa shape index (κ2) is 3.89. The smallest absolute Gasteiger partial charge is 0.191 e. The monoisotopic (exact) mass is 229 g/mol. The highest BCUT2D eigenvalue weighted by molar-refractivity contribution is 5.86. The quantitative estimate of drug-likeness (QED) is 0.716. The van der Waals surface area contributed by atoms with Crippen molar-refractivity contribution in [2.75, 3.05) is 5.32 Å². The zero-order valence-electron chi connectivity index (χ0n) is 9.27. The van der Waals surface area contributed by atoms with Crippen molar-refractivity contribution in [2.24, 2.45) is 0 Å². The lowest BCUT2D eigenvalue weighted by molar-refractivity contribution is 0.520. The van der Waals surface area contributed by atoms with Crippen molar-refractivity contribution in [3.8, 4) is 0 Å². The highest BCUT2D eigenvalue weighted by Gasteiger charge is 2.04. The number of hydrogen-bond donors (Lipinski definition) is 2. The van der Waals surface area contributed by atoms with Gasteiger partial charge in [0, 0.05) is 13.1 Å². The molecule has 86 valence electrons. The Hall–Kier alpha value is -2.37. The van der Waals surface area contributed by atoms with Crippen molar-refractivity contribution >= 4 is 16.7 Å². The molecule has 0 unspecified atom stereocenters. The molecule has 0 bridgehead atoms. The van der Waals surface area contributed by atoms with E-state index in [9.17, 15) is 0 Å². The fourth-order valence-corrected chi connectivity index (χ4v) is 1.67. The van der Waals surface area contributed by atoms with Crippen LogP contribution in [-0.4, -0.2) is 20.2 Å². The number of aromatic nitrogens is 4. The highest BCUT2D eigenvalue weighted by atomic mass is 16.3. The van der Waals surface area contributed by atoms with E-state index in [1.807, 2.05) is 13.0 Å². The first-order chi connectivity index (χ1) is 8.33. The van der Waals surface area contributed by atoms with Gasteiger partial charge in [0.05, 0.1) is 24.1 Å². The van der Waals surface area contributed by atoms with Crippen LogP contribution in [-0.2, 0) is 6.54 Å². The topological polar surface area (TPSA) is 79.6 Å². The van der Waals surface area contributed by atoms with E-state index in [0.29, 0.717) is 12.4 Å². The third-order valence-corrected chi connectivity index (χ3v) is 2.47. The van der Waals surface area contributed by atoms with E-state index in [2.05, 4.69) is 25.5 Å². The molecule has 3 aromatic rings. The molecule has 0 fully saturated rings. The van der Waals surface area contributed by atoms with E-state index in [1.54, 1.807) is 18.7 Å². The zero-order valence-corrected chi connectivity index (χ0v) is 9.27. The predicted octanol–water partition coefficient (Wildman–Crippen LogP) is 1.87. The predicted molar refractivity (Wildman–Crippen MR) is 62.5 cm³/mol. The molecule has 2 N–H and O–H groups in total. The van der Waals surface area contributed by atoms with E-state index in [1.165, 1.54) is 0 Å². The fraction of sp³-hybridized carbons (Fsp3) is 0.182. The molecule has 0 saturated heterocycles. The van der Waals surface area contributed by atoms with Gasteiger partial charge in [-0.25, -0.2) is 4.98 Å². The zero-order chi connectivity index (χ0) is 11.7. The SMILES string of the molecule is Cc1nc(CNc2ccnc3cn[nH]c23)co1. The van der Waals surface area contributed by atoms with Crippen molar-refractivity contribution in [2.45, 2.75) is 13.5 Å². The number of oxazole rings is 1. The van der Waals surface area contributed by atoms with Gasteiger partial charge in [-0.2, -0.15) is 5.10 Å². The van der Waals surface area contributed by atoms with E-state index >= 15 is 0 Å². The average Bonchev–Trinajstić information content (AvgIpc) is 2.94. The van der Waals surface area contributed by atoms with Crippen molar-refractivity contribution in [3.63, 3.8) is 0 Å². The maximum Gasteiger partial charge on any atom is 0.191 e. The van der Waals surface area contributed by atoms with Gasteiger partial charge >= 0.3 is 0 Å². The molecule has 0 aromatic carbocycles. The molecule has 17 heavy (non-hydrogen) atoms. The molecule has 0 atom stereocenters. The first-order valence-electron chi connectivity index (χ1n) is 5.26. The van der Waals surface area contributed by atoms with Crippen LogP contribution in [0.4, 0.5) is 5.69 Å². The number of pyridine rings is 1. The van der Waals surface area contributed by atoms with Crippen LogP contribution in [0.5, 0.6) is 0 Å². The van der Waals surface area contributed by atoms with Gasteiger partial charge in [-0.1, -0.05) is 0 Å². The second-order valence-corrected chi connectivity index (χ2v) is 3.70. The summed E-state index contributed by atoms with van der Waals surface area (Å²) < 4.78 is 5.14. The highest BCUT2D eigenvalue weighted by Crippen LogP contribution is 2.18. The maximum atomic E-state index is 5.14. The van der Waals surface area contributed by atoms with Crippen LogP contribution >= 0.6 is 0 Å². The molecule has 3 rings (SSSR count). The molecule has 6 nitrogen and oxygen atoms in total. The Kier molecular flexibility index (Phi) is 2.25. The summed E-state index contributed by atoms with van der Waals surface area (Å²) in [6.07, 6.45) is 5.09. The standard InChI is InChI=1S/C11H11N5O/c1-7-15-8(6-17-7)4-13-9-2-3-12-10-5-14-16-11(9)10/h2-3,5-6H,4H2,1H3,(H,12,13)(H,14,16). The lowest BCUT2D eigenvalue weighted by Gasteiger charge is -2.04. The molecule has 0 aliphatic heterocycles. The van der Waals surface area contributed by atoms with Crippen LogP contribution in [0.25, 0.3) is 11.0 Å². The van der Waals surface area contributed by atoms with E-state index in [0.717, 1.165) is 22.4 Å². The number of anilines is 1. The average molecular weight is 229 g/mol. The van der Waals surface area contributed by atoms with Gasteiger partial charge < -0.3 is 9.73 Å². The van der Waals surface area contributed by atoms with Crippen LogP contribution < -0.4 is 5.32 Å². The molecule has 0 saturated carbocycles. The molecule has 0 amide bonds. The van der Waals surface area contributed by atoms with Crippen molar-refractivity contribution < 1.29 is 4.42 Å². The molecule has 0 spiro atoms. The molecule has 0 aliphatic rings. The van der Waals surface area contributed by atoms with Crippen molar-refractivity contribution in [1.82, 2.24) is 20.2 Å². The van der Waals surface area contributed by atoms with Crippen LogP contribution in [0, 0.1) is 6.92 Å². The minimum atomic E-state index is 0.607. The van der Waals surface area contributed by atoms with Gasteiger partial charge in [-0.05, 0) is 6.07 Å². The number of nitrogens with one attached hydrogen (secondary N) is 2.